The van der Waals surface area contributed by atoms with Crippen molar-refractivity contribution in [1.82, 2.24) is 9.38 Å². The Balaban J connectivity index is 2.47. The standard InChI is InChI=1S/C20H17N3/c1-11-12(2)14(4)19-18(13(11)3)16-7-5-6-8-17(16)20-22-15(9-21)10-23(19)20/h5-8,10H,1-4H3. The molecular formula is C20H17N3. The van der Waals surface area contributed by atoms with Gasteiger partial charge in [-0.05, 0) is 55.3 Å². The minimum absolute atomic E-state index is 0.456. The maximum atomic E-state index is 9.28. The second-order valence-electron chi connectivity index (χ2n) is 6.20. The number of aromatic nitrogens is 2. The van der Waals surface area contributed by atoms with Crippen molar-refractivity contribution in [3.63, 3.8) is 0 Å². The van der Waals surface area contributed by atoms with Gasteiger partial charge in [0.05, 0.1) is 5.52 Å². The van der Waals surface area contributed by atoms with Crippen molar-refractivity contribution < 1.29 is 0 Å². The molecule has 0 amide bonds. The molecule has 2 aromatic heterocycles. The van der Waals surface area contributed by atoms with E-state index in [-0.39, 0.29) is 0 Å². The van der Waals surface area contributed by atoms with Crippen LogP contribution in [0.3, 0.4) is 0 Å². The molecule has 23 heavy (non-hydrogen) atoms. The predicted molar refractivity (Wildman–Crippen MR) is 93.9 cm³/mol. The van der Waals surface area contributed by atoms with Crippen molar-refractivity contribution >= 4 is 27.3 Å². The van der Waals surface area contributed by atoms with Crippen molar-refractivity contribution in [1.29, 1.82) is 5.26 Å². The zero-order valence-corrected chi connectivity index (χ0v) is 13.7. The van der Waals surface area contributed by atoms with Crippen molar-refractivity contribution in [3.8, 4) is 6.07 Å². The molecule has 2 aromatic carbocycles. The van der Waals surface area contributed by atoms with Crippen LogP contribution in [0.4, 0.5) is 0 Å². The third kappa shape index (κ3) is 1.66. The van der Waals surface area contributed by atoms with Gasteiger partial charge in [-0.15, -0.1) is 0 Å². The van der Waals surface area contributed by atoms with E-state index in [1.807, 2.05) is 12.3 Å². The molecule has 0 unspecified atom stereocenters. The SMILES string of the molecule is Cc1c(C)c(C)c2c(c1C)c1ccccc1c1nc(C#N)cn12. The van der Waals surface area contributed by atoms with E-state index in [0.717, 1.165) is 16.6 Å². The zero-order valence-electron chi connectivity index (χ0n) is 13.7. The smallest absolute Gasteiger partial charge is 0.159 e. The molecule has 4 rings (SSSR count). The third-order valence-corrected chi connectivity index (χ3v) is 5.15. The number of imidazole rings is 1. The summed E-state index contributed by atoms with van der Waals surface area (Å²) in [6.45, 7) is 8.69. The highest BCUT2D eigenvalue weighted by molar-refractivity contribution is 6.14. The van der Waals surface area contributed by atoms with E-state index in [4.69, 9.17) is 0 Å². The first kappa shape index (κ1) is 13.8. The molecule has 0 aliphatic rings. The van der Waals surface area contributed by atoms with E-state index in [1.165, 1.54) is 33.0 Å². The summed E-state index contributed by atoms with van der Waals surface area (Å²) in [6, 6.07) is 10.5. The molecule has 0 aliphatic carbocycles. The van der Waals surface area contributed by atoms with Gasteiger partial charge in [-0.3, -0.25) is 4.40 Å². The van der Waals surface area contributed by atoms with Crippen LogP contribution < -0.4 is 0 Å². The largest absolute Gasteiger partial charge is 0.297 e. The van der Waals surface area contributed by atoms with Gasteiger partial charge in [-0.1, -0.05) is 24.3 Å². The monoisotopic (exact) mass is 299 g/mol. The summed E-state index contributed by atoms with van der Waals surface area (Å²) in [7, 11) is 0. The molecule has 112 valence electrons. The van der Waals surface area contributed by atoms with Gasteiger partial charge in [0, 0.05) is 17.0 Å². The Morgan fingerprint density at radius 3 is 2.26 bits per heavy atom. The van der Waals surface area contributed by atoms with Gasteiger partial charge in [0.15, 0.2) is 5.69 Å². The van der Waals surface area contributed by atoms with Crippen LogP contribution in [0.25, 0.3) is 27.3 Å². The van der Waals surface area contributed by atoms with E-state index in [2.05, 4.69) is 61.3 Å². The first-order chi connectivity index (χ1) is 11.0. The molecule has 0 bridgehead atoms. The van der Waals surface area contributed by atoms with Crippen LogP contribution in [0.2, 0.25) is 0 Å². The molecule has 3 nitrogen and oxygen atoms in total. The Hall–Kier alpha value is -2.86. The number of aryl methyl sites for hydroxylation is 2. The van der Waals surface area contributed by atoms with E-state index in [9.17, 15) is 5.26 Å². The van der Waals surface area contributed by atoms with Crippen LogP contribution in [0.5, 0.6) is 0 Å². The molecule has 3 heteroatoms. The average Bonchev–Trinajstić information content (AvgIpc) is 3.01. The van der Waals surface area contributed by atoms with E-state index in [0.29, 0.717) is 5.69 Å². The Kier molecular flexibility index (Phi) is 2.74. The fourth-order valence-electron chi connectivity index (χ4n) is 3.61. The van der Waals surface area contributed by atoms with E-state index in [1.54, 1.807) is 0 Å². The van der Waals surface area contributed by atoms with Crippen LogP contribution in [-0.4, -0.2) is 9.38 Å². The molecule has 0 N–H and O–H groups in total. The van der Waals surface area contributed by atoms with Crippen LogP contribution in [0.15, 0.2) is 30.5 Å². The molecule has 0 radical (unpaired) electrons. The van der Waals surface area contributed by atoms with Gasteiger partial charge in [0.2, 0.25) is 0 Å². The Bertz CT molecular complexity index is 1160. The van der Waals surface area contributed by atoms with Gasteiger partial charge >= 0.3 is 0 Å². The summed E-state index contributed by atoms with van der Waals surface area (Å²) in [5, 5.41) is 12.8. The Labute approximate surface area is 134 Å². The summed E-state index contributed by atoms with van der Waals surface area (Å²) < 4.78 is 2.09. The lowest BCUT2D eigenvalue weighted by Gasteiger charge is -2.17. The third-order valence-electron chi connectivity index (χ3n) is 5.15. The van der Waals surface area contributed by atoms with Crippen LogP contribution in [0.1, 0.15) is 27.9 Å². The number of nitriles is 1. The molecular weight excluding hydrogens is 282 g/mol. The number of hydrogen-bond acceptors (Lipinski definition) is 2. The van der Waals surface area contributed by atoms with Crippen molar-refractivity contribution in [3.05, 3.63) is 58.4 Å². The number of hydrogen-bond donors (Lipinski definition) is 0. The number of rotatable bonds is 0. The van der Waals surface area contributed by atoms with E-state index >= 15 is 0 Å². The molecule has 0 fully saturated rings. The highest BCUT2D eigenvalue weighted by Gasteiger charge is 2.17. The minimum Gasteiger partial charge on any atom is -0.297 e. The van der Waals surface area contributed by atoms with Crippen LogP contribution >= 0.6 is 0 Å². The summed E-state index contributed by atoms with van der Waals surface area (Å²) in [5.74, 6) is 0. The van der Waals surface area contributed by atoms with Crippen molar-refractivity contribution in [2.24, 2.45) is 0 Å². The fraction of sp³-hybridized carbons (Fsp3) is 0.200. The molecule has 4 aromatic rings. The number of benzene rings is 2. The van der Waals surface area contributed by atoms with Gasteiger partial charge in [0.1, 0.15) is 11.7 Å². The first-order valence-corrected chi connectivity index (χ1v) is 7.74. The van der Waals surface area contributed by atoms with Gasteiger partial charge in [0.25, 0.3) is 0 Å². The zero-order chi connectivity index (χ0) is 16.3. The summed E-state index contributed by atoms with van der Waals surface area (Å²) >= 11 is 0. The fourth-order valence-corrected chi connectivity index (χ4v) is 3.61. The molecule has 0 saturated carbocycles. The Morgan fingerprint density at radius 2 is 1.57 bits per heavy atom. The molecule has 0 atom stereocenters. The second kappa shape index (κ2) is 4.57. The highest BCUT2D eigenvalue weighted by Crippen LogP contribution is 2.36. The van der Waals surface area contributed by atoms with E-state index < -0.39 is 0 Å². The van der Waals surface area contributed by atoms with Gasteiger partial charge in [-0.2, -0.15) is 5.26 Å². The average molecular weight is 299 g/mol. The summed E-state index contributed by atoms with van der Waals surface area (Å²) in [6.07, 6.45) is 1.85. The molecule has 0 aliphatic heterocycles. The minimum atomic E-state index is 0.456. The predicted octanol–water partition coefficient (Wildman–Crippen LogP) is 4.75. The second-order valence-corrected chi connectivity index (χ2v) is 6.20. The van der Waals surface area contributed by atoms with Crippen molar-refractivity contribution in [2.75, 3.05) is 0 Å². The normalized spacial score (nSPS) is 11.4. The summed E-state index contributed by atoms with van der Waals surface area (Å²) in [4.78, 5) is 4.53. The Morgan fingerprint density at radius 1 is 0.913 bits per heavy atom. The lowest BCUT2D eigenvalue weighted by atomic mass is 9.91. The highest BCUT2D eigenvalue weighted by atomic mass is 15.0. The molecule has 0 spiro atoms. The van der Waals surface area contributed by atoms with Crippen LogP contribution in [0, 0.1) is 39.0 Å². The molecule has 0 saturated heterocycles. The number of pyridine rings is 1. The number of fused-ring (bicyclic) bond motifs is 6. The lowest BCUT2D eigenvalue weighted by molar-refractivity contribution is 1.19. The maximum absolute atomic E-state index is 9.28. The summed E-state index contributed by atoms with van der Waals surface area (Å²) in [5.41, 5.74) is 7.66. The van der Waals surface area contributed by atoms with Gasteiger partial charge in [-0.25, -0.2) is 4.98 Å². The maximum Gasteiger partial charge on any atom is 0.159 e. The number of nitrogens with zero attached hydrogens (tertiary/aromatic N) is 3. The lowest BCUT2D eigenvalue weighted by Crippen LogP contribution is -2.00. The van der Waals surface area contributed by atoms with Gasteiger partial charge < -0.3 is 0 Å². The topological polar surface area (TPSA) is 41.1 Å². The van der Waals surface area contributed by atoms with Crippen LogP contribution in [-0.2, 0) is 0 Å². The molecule has 2 heterocycles. The first-order valence-electron chi connectivity index (χ1n) is 7.74. The quantitative estimate of drug-likeness (QED) is 0.440. The van der Waals surface area contributed by atoms with Crippen molar-refractivity contribution in [2.45, 2.75) is 27.7 Å².